The van der Waals surface area contributed by atoms with Crippen LogP contribution in [0.15, 0.2) is 72.4 Å². The highest BCUT2D eigenvalue weighted by molar-refractivity contribution is 5.71. The van der Waals surface area contributed by atoms with Crippen molar-refractivity contribution in [3.63, 3.8) is 0 Å². The van der Waals surface area contributed by atoms with E-state index in [4.69, 9.17) is 20.3 Å². The van der Waals surface area contributed by atoms with Crippen LogP contribution in [0.25, 0.3) is 16.9 Å². The van der Waals surface area contributed by atoms with Crippen LogP contribution in [0.2, 0.25) is 0 Å². The summed E-state index contributed by atoms with van der Waals surface area (Å²) in [5.74, 6) is 2.62. The summed E-state index contributed by atoms with van der Waals surface area (Å²) >= 11 is 0. The summed E-state index contributed by atoms with van der Waals surface area (Å²) in [6.45, 7) is 0. The summed E-state index contributed by atoms with van der Waals surface area (Å²) in [4.78, 5) is 4.55. The number of benzene rings is 2. The minimum absolute atomic E-state index is 0.101. The number of nitrogens with zero attached hydrogens (tertiary/aromatic N) is 5. The summed E-state index contributed by atoms with van der Waals surface area (Å²) in [6, 6.07) is 18.2. The van der Waals surface area contributed by atoms with Crippen molar-refractivity contribution < 1.29 is 9.47 Å². The molecule has 0 saturated heterocycles. The van der Waals surface area contributed by atoms with Crippen LogP contribution in [0.3, 0.4) is 0 Å². The van der Waals surface area contributed by atoms with Crippen LogP contribution >= 0.6 is 0 Å². The fraction of sp³-hybridized carbons (Fsp3) is 0.222. The highest BCUT2D eigenvalue weighted by Crippen LogP contribution is 2.47. The first kappa shape index (κ1) is 21.1. The lowest BCUT2D eigenvalue weighted by atomic mass is 9.83. The van der Waals surface area contributed by atoms with Crippen molar-refractivity contribution in [1.29, 1.82) is 5.26 Å². The van der Waals surface area contributed by atoms with Crippen LogP contribution in [0.1, 0.15) is 41.6 Å². The van der Waals surface area contributed by atoms with E-state index < -0.39 is 5.92 Å². The number of ether oxygens (including phenoxy) is 2. The van der Waals surface area contributed by atoms with Gasteiger partial charge >= 0.3 is 0 Å². The van der Waals surface area contributed by atoms with E-state index in [0.717, 1.165) is 39.6 Å². The molecule has 0 amide bonds. The molecule has 1 aliphatic heterocycles. The summed E-state index contributed by atoms with van der Waals surface area (Å²) in [7, 11) is 3.45. The maximum atomic E-state index is 10.0. The van der Waals surface area contributed by atoms with Crippen LogP contribution in [0, 0.1) is 11.3 Å². The van der Waals surface area contributed by atoms with Crippen molar-refractivity contribution in [2.24, 2.45) is 12.8 Å². The molecule has 6 rings (SSSR count). The zero-order valence-corrected chi connectivity index (χ0v) is 19.5. The lowest BCUT2D eigenvalue weighted by Crippen LogP contribution is -2.21. The zero-order valence-electron chi connectivity index (χ0n) is 19.5. The van der Waals surface area contributed by atoms with Crippen molar-refractivity contribution in [2.75, 3.05) is 7.11 Å². The minimum atomic E-state index is -0.408. The third-order valence-electron chi connectivity index (χ3n) is 6.68. The molecule has 1 fully saturated rings. The smallest absolute Gasteiger partial charge is 0.224 e. The number of nitriles is 1. The van der Waals surface area contributed by atoms with Gasteiger partial charge in [-0.1, -0.05) is 12.1 Å². The van der Waals surface area contributed by atoms with Crippen LogP contribution < -0.4 is 15.2 Å². The number of fused-ring (bicyclic) bond motifs is 1. The molecule has 2 N–H and O–H groups in total. The quantitative estimate of drug-likeness (QED) is 0.470. The number of methoxy groups -OCH3 is 1. The molecule has 35 heavy (non-hydrogen) atoms. The van der Waals surface area contributed by atoms with E-state index in [-0.39, 0.29) is 5.88 Å². The monoisotopic (exact) mass is 464 g/mol. The molecule has 2 aromatic heterocycles. The Morgan fingerprint density at radius 2 is 1.86 bits per heavy atom. The lowest BCUT2D eigenvalue weighted by Gasteiger charge is -2.25. The van der Waals surface area contributed by atoms with Gasteiger partial charge in [0.05, 0.1) is 18.6 Å². The number of aromatic nitrogens is 4. The molecule has 4 aromatic rings. The Morgan fingerprint density at radius 1 is 1.11 bits per heavy atom. The largest absolute Gasteiger partial charge is 0.497 e. The molecule has 0 radical (unpaired) electrons. The Hall–Kier alpha value is -4.51. The molecule has 8 nitrogen and oxygen atoms in total. The average molecular weight is 465 g/mol. The predicted octanol–water partition coefficient (Wildman–Crippen LogP) is 4.38. The van der Waals surface area contributed by atoms with Gasteiger partial charge in [-0.25, -0.2) is 9.67 Å². The van der Waals surface area contributed by atoms with Crippen LogP contribution in [-0.4, -0.2) is 26.4 Å². The number of nitrogens with two attached hydrogens (primary N) is 1. The first-order chi connectivity index (χ1) is 17.1. The van der Waals surface area contributed by atoms with Gasteiger partial charge in [0, 0.05) is 36.6 Å². The van der Waals surface area contributed by atoms with Gasteiger partial charge in [0.25, 0.3) is 0 Å². The summed E-state index contributed by atoms with van der Waals surface area (Å²) in [5.41, 5.74) is 11.0. The molecule has 1 atom stereocenters. The number of imidazole rings is 1. The van der Waals surface area contributed by atoms with Crippen molar-refractivity contribution >= 4 is 0 Å². The summed E-state index contributed by atoms with van der Waals surface area (Å²) < 4.78 is 15.0. The van der Waals surface area contributed by atoms with Crippen LogP contribution in [-0.2, 0) is 7.05 Å². The summed E-state index contributed by atoms with van der Waals surface area (Å²) in [6.07, 6.45) is 6.21. The standard InChI is InChI=1S/C27H24N6O2/c1-32-27-23(24(31-32)17-7-11-20(34-2)12-8-17)22(21(15-28)25(29)35-27)16-5-9-19(10-6-16)33-14-13-30-26(33)18-3-4-18/h5-14,18,22H,3-4,29H2,1-2H3. The van der Waals surface area contributed by atoms with Gasteiger partial charge in [-0.3, -0.25) is 0 Å². The van der Waals surface area contributed by atoms with Crippen molar-refractivity contribution in [3.8, 4) is 34.6 Å². The lowest BCUT2D eigenvalue weighted by molar-refractivity contribution is 0.358. The second-order valence-corrected chi connectivity index (χ2v) is 8.87. The van der Waals surface area contributed by atoms with E-state index in [2.05, 4.69) is 27.8 Å². The van der Waals surface area contributed by atoms with Crippen LogP contribution in [0.4, 0.5) is 0 Å². The van der Waals surface area contributed by atoms with E-state index in [0.29, 0.717) is 17.4 Å². The highest BCUT2D eigenvalue weighted by atomic mass is 16.5. The molecular formula is C27H24N6O2. The summed E-state index contributed by atoms with van der Waals surface area (Å²) in [5, 5.41) is 14.8. The maximum absolute atomic E-state index is 10.0. The van der Waals surface area contributed by atoms with E-state index >= 15 is 0 Å². The molecular weight excluding hydrogens is 440 g/mol. The number of allylic oxidation sites excluding steroid dienone is 1. The maximum Gasteiger partial charge on any atom is 0.224 e. The molecule has 174 valence electrons. The number of rotatable bonds is 5. The number of hydrogen-bond acceptors (Lipinski definition) is 6. The van der Waals surface area contributed by atoms with Crippen molar-refractivity contribution in [3.05, 3.63) is 89.3 Å². The minimum Gasteiger partial charge on any atom is -0.497 e. The van der Waals surface area contributed by atoms with Crippen molar-refractivity contribution in [1.82, 2.24) is 19.3 Å². The fourth-order valence-electron chi connectivity index (χ4n) is 4.77. The molecule has 0 bridgehead atoms. The fourth-order valence-corrected chi connectivity index (χ4v) is 4.77. The van der Waals surface area contributed by atoms with E-state index in [9.17, 15) is 5.26 Å². The Labute approximate surface area is 202 Å². The topological polar surface area (TPSA) is 104 Å². The molecule has 1 saturated carbocycles. The average Bonchev–Trinajstić information content (AvgIpc) is 3.53. The number of hydrogen-bond donors (Lipinski definition) is 1. The number of aryl methyl sites for hydroxylation is 1. The molecule has 0 spiro atoms. The molecule has 8 heteroatoms. The Kier molecular flexibility index (Phi) is 4.85. The van der Waals surface area contributed by atoms with Crippen molar-refractivity contribution in [2.45, 2.75) is 24.7 Å². The third-order valence-corrected chi connectivity index (χ3v) is 6.68. The van der Waals surface area contributed by atoms with Gasteiger partial charge in [0.2, 0.25) is 11.8 Å². The third kappa shape index (κ3) is 3.44. The predicted molar refractivity (Wildman–Crippen MR) is 130 cm³/mol. The Balaban J connectivity index is 1.46. The van der Waals surface area contributed by atoms with Gasteiger partial charge in [-0.05, 0) is 54.8 Å². The normalized spacial score (nSPS) is 17.0. The zero-order chi connectivity index (χ0) is 24.1. The van der Waals surface area contributed by atoms with Gasteiger partial charge in [-0.15, -0.1) is 0 Å². The molecule has 1 unspecified atom stereocenters. The molecule has 3 heterocycles. The second kappa shape index (κ2) is 8.06. The highest BCUT2D eigenvalue weighted by Gasteiger charge is 2.37. The van der Waals surface area contributed by atoms with Gasteiger partial charge < -0.3 is 19.8 Å². The first-order valence-corrected chi connectivity index (χ1v) is 11.5. The van der Waals surface area contributed by atoms with Gasteiger partial charge in [0.1, 0.15) is 28.9 Å². The second-order valence-electron chi connectivity index (χ2n) is 8.87. The Morgan fingerprint density at radius 3 is 2.51 bits per heavy atom. The SMILES string of the molecule is COc1ccc(-c2nn(C)c3c2C(c2ccc(-n4ccnc4C4CC4)cc2)C(C#N)=C(N)O3)cc1. The van der Waals surface area contributed by atoms with Gasteiger partial charge in [0.15, 0.2) is 0 Å². The van der Waals surface area contributed by atoms with E-state index in [1.54, 1.807) is 11.8 Å². The molecule has 2 aromatic carbocycles. The Bertz CT molecular complexity index is 1480. The van der Waals surface area contributed by atoms with E-state index in [1.807, 2.05) is 55.8 Å². The van der Waals surface area contributed by atoms with Crippen LogP contribution in [0.5, 0.6) is 11.6 Å². The van der Waals surface area contributed by atoms with Gasteiger partial charge in [-0.2, -0.15) is 10.4 Å². The van der Waals surface area contributed by atoms with E-state index in [1.165, 1.54) is 12.8 Å². The first-order valence-electron chi connectivity index (χ1n) is 11.5. The molecule has 2 aliphatic rings. The molecule has 1 aliphatic carbocycles.